The number of nitrogens with one attached hydrogen (secondary N) is 4. The molecule has 0 radical (unpaired) electrons. The van der Waals surface area contributed by atoms with Gasteiger partial charge in [0.1, 0.15) is 11.2 Å². The summed E-state index contributed by atoms with van der Waals surface area (Å²) < 4.78 is 7.75. The van der Waals surface area contributed by atoms with Gasteiger partial charge in [0, 0.05) is 66.1 Å². The molecule has 4 aliphatic rings. The minimum atomic E-state index is 0.815. The highest BCUT2D eigenvalue weighted by molar-refractivity contribution is 6.17. The standard InChI is InChI=1S/C76H80N8O/c1-17-45-39(11)59-33-67-49(21-5)43(15)71(83-67)69(73-51(23-7)41(13)61(81-73)35-65-47(19-3)37(9)57(77-65)31-63(45)79-59)55-29-25-27-53-54-28-26-30-56(76(54)85-75(53)55)70-72-44(16)50(22-6)68(84-72)34-60-40(12)46(18-2)64(80-60)32-58-38(10)48(20-4)66(78-58)36-62-42(14)52(24-8)74(70)82-62/h25-36,79-82H,17-24H2,1-16H3. The van der Waals surface area contributed by atoms with Crippen molar-refractivity contribution in [2.24, 2.45) is 0 Å². The molecule has 0 saturated carbocycles. The Morgan fingerprint density at radius 3 is 1.00 bits per heavy atom. The zero-order chi connectivity index (χ0) is 59.6. The number of H-pyrrole nitrogens is 4. The molecule has 0 spiro atoms. The summed E-state index contributed by atoms with van der Waals surface area (Å²) in [6.45, 7) is 36.1. The Bertz CT molecular complexity index is 4580. The van der Waals surface area contributed by atoms with E-state index < -0.39 is 0 Å². The lowest BCUT2D eigenvalue weighted by molar-refractivity contribution is 0.671. The largest absolute Gasteiger partial charge is 0.455 e. The van der Waals surface area contributed by atoms with E-state index in [9.17, 15) is 0 Å². The quantitative estimate of drug-likeness (QED) is 0.108. The van der Waals surface area contributed by atoms with Crippen LogP contribution in [0.2, 0.25) is 0 Å². The van der Waals surface area contributed by atoms with Gasteiger partial charge in [-0.2, -0.15) is 0 Å². The van der Waals surface area contributed by atoms with Gasteiger partial charge in [0.25, 0.3) is 0 Å². The Kier molecular flexibility index (Phi) is 13.9. The fraction of sp³-hybridized carbons (Fsp3) is 0.316. The second-order valence-corrected chi connectivity index (χ2v) is 23.9. The molecule has 7 aromatic heterocycles. The normalized spacial score (nSPS) is 13.8. The predicted octanol–water partition coefficient (Wildman–Crippen LogP) is 21.0. The number of furan rings is 1. The summed E-state index contributed by atoms with van der Waals surface area (Å²) in [6.07, 6.45) is 6.85. The molecule has 16 bridgehead atoms. The Labute approximate surface area is 499 Å². The van der Waals surface area contributed by atoms with E-state index in [1.807, 2.05) is 0 Å². The third-order valence-electron chi connectivity index (χ3n) is 19.8. The number of hydrogen-bond acceptors (Lipinski definition) is 5. The smallest absolute Gasteiger partial charge is 0.143 e. The molecule has 13 rings (SSSR count). The first-order valence-electron chi connectivity index (χ1n) is 31.4. The van der Waals surface area contributed by atoms with E-state index in [4.69, 9.17) is 24.4 Å². The Balaban J connectivity index is 1.18. The summed E-state index contributed by atoms with van der Waals surface area (Å²) >= 11 is 0. The van der Waals surface area contributed by atoms with E-state index in [1.165, 1.54) is 89.1 Å². The van der Waals surface area contributed by atoms with Crippen molar-refractivity contribution in [2.75, 3.05) is 0 Å². The number of nitrogens with zero attached hydrogens (tertiary/aromatic N) is 4. The van der Waals surface area contributed by atoms with E-state index >= 15 is 0 Å². The van der Waals surface area contributed by atoms with Gasteiger partial charge in [-0.05, 0) is 232 Å². The van der Waals surface area contributed by atoms with Crippen LogP contribution in [0.4, 0.5) is 0 Å². The number of rotatable bonds is 10. The summed E-state index contributed by atoms with van der Waals surface area (Å²) in [5.74, 6) is 0. The van der Waals surface area contributed by atoms with E-state index in [0.717, 1.165) is 185 Å². The van der Waals surface area contributed by atoms with Gasteiger partial charge >= 0.3 is 0 Å². The zero-order valence-electron chi connectivity index (χ0n) is 52.8. The number of fused-ring (bicyclic) bond motifs is 19. The second-order valence-electron chi connectivity index (χ2n) is 23.9. The average molecular weight is 1120 g/mol. The molecule has 0 fully saturated rings. The first-order valence-corrected chi connectivity index (χ1v) is 31.4. The van der Waals surface area contributed by atoms with Gasteiger partial charge in [-0.1, -0.05) is 91.8 Å². The van der Waals surface area contributed by atoms with E-state index in [-0.39, 0.29) is 0 Å². The first kappa shape index (κ1) is 55.6. The topological polar surface area (TPSA) is 128 Å². The Hall–Kier alpha value is -8.56. The summed E-state index contributed by atoms with van der Waals surface area (Å²) in [5.41, 5.74) is 42.0. The van der Waals surface area contributed by atoms with Crippen LogP contribution in [-0.4, -0.2) is 39.9 Å². The van der Waals surface area contributed by atoms with Crippen molar-refractivity contribution < 1.29 is 4.42 Å². The van der Waals surface area contributed by atoms with Crippen molar-refractivity contribution in [1.29, 1.82) is 0 Å². The van der Waals surface area contributed by atoms with Crippen LogP contribution in [0, 0.1) is 27.7 Å². The SMILES string of the molecule is CCC1=C(C)c2cc3[nH]c(cc4nc(c(-c5cccc6c5oc5c(-c7c8nc(cc9[nH]c(cc%10nc(cc%11[nH]c7c(CC)c%11C)C(CC)=C%10C)c(CC)c9C)C(CC)=C8C)cccc56)c5[nH]c(cc1n2)c(C)c5CC)C(C)=C4CC)c(C)c3CC. The average Bonchev–Trinajstić information content (AvgIpc) is 1.90. The minimum absolute atomic E-state index is 0.815. The maximum absolute atomic E-state index is 7.75. The molecule has 4 aliphatic heterocycles. The summed E-state index contributed by atoms with van der Waals surface area (Å²) in [4.78, 5) is 38.3. The third-order valence-corrected chi connectivity index (χ3v) is 19.8. The van der Waals surface area contributed by atoms with Crippen molar-refractivity contribution >= 4 is 111 Å². The lowest BCUT2D eigenvalue weighted by Gasteiger charge is -2.10. The van der Waals surface area contributed by atoms with Crippen LogP contribution in [0.25, 0.3) is 133 Å². The monoisotopic (exact) mass is 1120 g/mol. The maximum Gasteiger partial charge on any atom is 0.143 e. The highest BCUT2D eigenvalue weighted by atomic mass is 16.3. The summed E-state index contributed by atoms with van der Waals surface area (Å²) in [5, 5.41) is 2.09. The molecule has 0 amide bonds. The van der Waals surface area contributed by atoms with Gasteiger partial charge in [0.2, 0.25) is 0 Å². The highest BCUT2D eigenvalue weighted by Gasteiger charge is 2.30. The third kappa shape index (κ3) is 8.45. The number of aromatic amines is 4. The van der Waals surface area contributed by atoms with E-state index in [0.29, 0.717) is 0 Å². The van der Waals surface area contributed by atoms with Crippen LogP contribution in [0.5, 0.6) is 0 Å². The lowest BCUT2D eigenvalue weighted by atomic mass is 9.93. The molecule has 2 aromatic carbocycles. The molecule has 0 saturated heterocycles. The lowest BCUT2D eigenvalue weighted by Crippen LogP contribution is -1.91. The van der Waals surface area contributed by atoms with Crippen molar-refractivity contribution in [3.63, 3.8) is 0 Å². The molecule has 0 atom stereocenters. The molecular formula is C76H80N8O. The minimum Gasteiger partial charge on any atom is -0.455 e. The van der Waals surface area contributed by atoms with Crippen LogP contribution in [0.15, 0.2) is 77.2 Å². The van der Waals surface area contributed by atoms with Crippen molar-refractivity contribution in [1.82, 2.24) is 39.9 Å². The maximum atomic E-state index is 7.75. The van der Waals surface area contributed by atoms with Gasteiger partial charge in [-0.25, -0.2) is 19.9 Å². The number of hydrogen-bond donors (Lipinski definition) is 4. The molecule has 11 heterocycles. The number of aryl methyl sites for hydroxylation is 8. The number of allylic oxidation sites excluding steroid dienone is 8. The zero-order valence-corrected chi connectivity index (χ0v) is 52.8. The molecule has 0 aliphatic carbocycles. The number of benzene rings is 2. The molecule has 9 heteroatoms. The van der Waals surface area contributed by atoms with Gasteiger partial charge in [0.15, 0.2) is 0 Å². The number of aromatic nitrogens is 8. The first-order chi connectivity index (χ1) is 41.1. The summed E-state index contributed by atoms with van der Waals surface area (Å²) in [6, 6.07) is 27.1. The molecule has 430 valence electrons. The van der Waals surface area contributed by atoms with Crippen LogP contribution in [-0.2, 0) is 25.7 Å². The second kappa shape index (κ2) is 21.2. The molecule has 0 unspecified atom stereocenters. The van der Waals surface area contributed by atoms with Gasteiger partial charge in [-0.3, -0.25) is 0 Å². The van der Waals surface area contributed by atoms with Gasteiger partial charge in [0.05, 0.1) is 56.6 Å². The van der Waals surface area contributed by atoms with Crippen LogP contribution < -0.4 is 0 Å². The molecule has 85 heavy (non-hydrogen) atoms. The van der Waals surface area contributed by atoms with Crippen molar-refractivity contribution in [3.8, 4) is 22.3 Å². The van der Waals surface area contributed by atoms with Crippen LogP contribution in [0.1, 0.15) is 199 Å². The van der Waals surface area contributed by atoms with Crippen molar-refractivity contribution in [2.45, 2.75) is 162 Å². The van der Waals surface area contributed by atoms with Crippen LogP contribution >= 0.6 is 0 Å². The van der Waals surface area contributed by atoms with E-state index in [1.54, 1.807) is 0 Å². The van der Waals surface area contributed by atoms with Crippen molar-refractivity contribution in [3.05, 3.63) is 163 Å². The predicted molar refractivity (Wildman–Crippen MR) is 361 cm³/mol. The summed E-state index contributed by atoms with van der Waals surface area (Å²) in [7, 11) is 0. The molecular weight excluding hydrogens is 1040 g/mol. The Morgan fingerprint density at radius 2 is 0.647 bits per heavy atom. The number of para-hydroxylation sites is 2. The van der Waals surface area contributed by atoms with Gasteiger partial charge < -0.3 is 24.4 Å². The Morgan fingerprint density at radius 1 is 0.329 bits per heavy atom. The molecule has 4 N–H and O–H groups in total. The highest BCUT2D eigenvalue weighted by Crippen LogP contribution is 2.49. The van der Waals surface area contributed by atoms with Gasteiger partial charge in [-0.15, -0.1) is 0 Å². The molecule has 9 aromatic rings. The molecule has 9 nitrogen and oxygen atoms in total. The van der Waals surface area contributed by atoms with E-state index in [2.05, 4.69) is 204 Å². The fourth-order valence-corrected chi connectivity index (χ4v) is 15.0. The van der Waals surface area contributed by atoms with Crippen LogP contribution in [0.3, 0.4) is 0 Å². The fourth-order valence-electron chi connectivity index (χ4n) is 15.0.